The molecule has 24 heavy (non-hydrogen) atoms. The smallest absolute Gasteiger partial charge is 0.256 e. The SMILES string of the molecule is COc1ccc([C@H]2NC(=O)c3c(sc4c3CC[C@@H](C)C4)N2)cc1I. The second kappa shape index (κ2) is 6.22. The number of ether oxygens (including phenoxy) is 1. The molecule has 2 aromatic rings. The summed E-state index contributed by atoms with van der Waals surface area (Å²) in [5.74, 6) is 1.61. The molecule has 6 heteroatoms. The Kier molecular flexibility index (Phi) is 4.20. The summed E-state index contributed by atoms with van der Waals surface area (Å²) in [6.07, 6.45) is 3.08. The molecule has 2 atom stereocenters. The van der Waals surface area contributed by atoms with Crippen LogP contribution < -0.4 is 15.4 Å². The van der Waals surface area contributed by atoms with Gasteiger partial charge in [0.1, 0.15) is 16.9 Å². The van der Waals surface area contributed by atoms with Crippen molar-refractivity contribution in [1.82, 2.24) is 5.32 Å². The van der Waals surface area contributed by atoms with Gasteiger partial charge in [0, 0.05) is 4.88 Å². The maximum Gasteiger partial charge on any atom is 0.256 e. The number of anilines is 1. The topological polar surface area (TPSA) is 50.4 Å². The molecule has 0 spiro atoms. The lowest BCUT2D eigenvalue weighted by atomic mass is 9.88. The Balaban J connectivity index is 1.67. The number of thiophene rings is 1. The van der Waals surface area contributed by atoms with Gasteiger partial charge in [-0.05, 0) is 71.0 Å². The van der Waals surface area contributed by atoms with Crippen LogP contribution in [0.1, 0.15) is 45.9 Å². The van der Waals surface area contributed by atoms with Gasteiger partial charge in [-0.1, -0.05) is 13.0 Å². The number of benzene rings is 1. The maximum absolute atomic E-state index is 12.7. The zero-order valence-electron chi connectivity index (χ0n) is 13.6. The van der Waals surface area contributed by atoms with Crippen LogP contribution in [0.5, 0.6) is 5.75 Å². The van der Waals surface area contributed by atoms with Crippen molar-refractivity contribution in [3.05, 3.63) is 43.3 Å². The van der Waals surface area contributed by atoms with Crippen molar-refractivity contribution in [2.24, 2.45) is 5.92 Å². The fraction of sp³-hybridized carbons (Fsp3) is 0.389. The molecule has 0 unspecified atom stereocenters. The summed E-state index contributed by atoms with van der Waals surface area (Å²) >= 11 is 4.01. The molecule has 4 rings (SSSR count). The molecule has 4 nitrogen and oxygen atoms in total. The summed E-state index contributed by atoms with van der Waals surface area (Å²) in [6.45, 7) is 2.29. The van der Waals surface area contributed by atoms with Gasteiger partial charge in [-0.25, -0.2) is 0 Å². The highest BCUT2D eigenvalue weighted by molar-refractivity contribution is 14.1. The average Bonchev–Trinajstić information content (AvgIpc) is 2.92. The van der Waals surface area contributed by atoms with E-state index in [2.05, 4.69) is 46.2 Å². The number of methoxy groups -OCH3 is 1. The molecule has 1 aromatic carbocycles. The van der Waals surface area contributed by atoms with Crippen LogP contribution in [0.25, 0.3) is 0 Å². The van der Waals surface area contributed by atoms with Gasteiger partial charge in [-0.2, -0.15) is 0 Å². The molecule has 1 aromatic heterocycles. The Morgan fingerprint density at radius 2 is 2.17 bits per heavy atom. The Labute approximate surface area is 159 Å². The molecule has 0 bridgehead atoms. The maximum atomic E-state index is 12.7. The monoisotopic (exact) mass is 454 g/mol. The number of hydrogen-bond donors (Lipinski definition) is 2. The van der Waals surface area contributed by atoms with E-state index in [0.29, 0.717) is 5.92 Å². The molecular weight excluding hydrogens is 435 g/mol. The third-order valence-corrected chi connectivity index (χ3v) is 6.83. The van der Waals surface area contributed by atoms with Crippen molar-refractivity contribution in [2.45, 2.75) is 32.4 Å². The number of hydrogen-bond acceptors (Lipinski definition) is 4. The van der Waals surface area contributed by atoms with Crippen molar-refractivity contribution in [1.29, 1.82) is 0 Å². The zero-order valence-corrected chi connectivity index (χ0v) is 16.6. The molecule has 1 aliphatic carbocycles. The number of carbonyl (C=O) groups excluding carboxylic acids is 1. The standard InChI is InChI=1S/C18H19IN2O2S/c1-9-3-5-11-14(7-9)24-18-15(11)17(22)20-16(21-18)10-4-6-13(23-2)12(19)8-10/h4,6,8-9,16,21H,3,5,7H2,1-2H3,(H,20,22)/t9-,16+/m1/s1. The molecule has 2 N–H and O–H groups in total. The number of fused-ring (bicyclic) bond motifs is 3. The molecular formula is C18H19IN2O2S. The number of halogens is 1. The molecule has 1 aliphatic heterocycles. The molecule has 2 aliphatic rings. The van der Waals surface area contributed by atoms with Crippen LogP contribution >= 0.6 is 33.9 Å². The fourth-order valence-electron chi connectivity index (χ4n) is 3.49. The minimum Gasteiger partial charge on any atom is -0.496 e. The molecule has 0 saturated carbocycles. The summed E-state index contributed by atoms with van der Waals surface area (Å²) < 4.78 is 6.35. The van der Waals surface area contributed by atoms with Gasteiger partial charge < -0.3 is 15.4 Å². The minimum atomic E-state index is -0.193. The van der Waals surface area contributed by atoms with Crippen molar-refractivity contribution in [3.63, 3.8) is 0 Å². The number of carbonyl (C=O) groups is 1. The summed E-state index contributed by atoms with van der Waals surface area (Å²) in [5, 5.41) is 7.66. The summed E-state index contributed by atoms with van der Waals surface area (Å²) in [6, 6.07) is 6.00. The second-order valence-electron chi connectivity index (χ2n) is 6.50. The first kappa shape index (κ1) is 16.2. The first-order valence-electron chi connectivity index (χ1n) is 8.12. The highest BCUT2D eigenvalue weighted by Gasteiger charge is 2.33. The van der Waals surface area contributed by atoms with Crippen LogP contribution in [0, 0.1) is 9.49 Å². The number of amides is 1. The van der Waals surface area contributed by atoms with Crippen molar-refractivity contribution in [2.75, 3.05) is 12.4 Å². The van der Waals surface area contributed by atoms with Gasteiger partial charge in [0.2, 0.25) is 0 Å². The number of nitrogens with one attached hydrogen (secondary N) is 2. The first-order chi connectivity index (χ1) is 11.6. The third-order valence-electron chi connectivity index (χ3n) is 4.80. The van der Waals surface area contributed by atoms with Crippen LogP contribution in [-0.2, 0) is 12.8 Å². The third kappa shape index (κ3) is 2.69. The highest BCUT2D eigenvalue weighted by atomic mass is 127. The Hall–Kier alpha value is -1.28. The average molecular weight is 454 g/mol. The van der Waals surface area contributed by atoms with Crippen LogP contribution in [0.4, 0.5) is 5.00 Å². The molecule has 1 amide bonds. The van der Waals surface area contributed by atoms with Crippen molar-refractivity contribution >= 4 is 44.8 Å². The van der Waals surface area contributed by atoms with E-state index in [9.17, 15) is 4.79 Å². The zero-order chi connectivity index (χ0) is 16.8. The lowest BCUT2D eigenvalue weighted by Crippen LogP contribution is -2.38. The van der Waals surface area contributed by atoms with E-state index in [-0.39, 0.29) is 12.1 Å². The van der Waals surface area contributed by atoms with E-state index in [1.54, 1.807) is 18.4 Å². The van der Waals surface area contributed by atoms with E-state index in [0.717, 1.165) is 38.3 Å². The van der Waals surface area contributed by atoms with E-state index in [4.69, 9.17) is 4.74 Å². The summed E-state index contributed by atoms with van der Waals surface area (Å²) in [7, 11) is 1.67. The van der Waals surface area contributed by atoms with Gasteiger partial charge in [0.15, 0.2) is 0 Å². The van der Waals surface area contributed by atoms with E-state index in [1.165, 1.54) is 16.9 Å². The quantitative estimate of drug-likeness (QED) is 0.664. The predicted octanol–water partition coefficient (Wildman–Crippen LogP) is 4.34. The van der Waals surface area contributed by atoms with E-state index in [1.807, 2.05) is 12.1 Å². The second-order valence-corrected chi connectivity index (χ2v) is 8.77. The van der Waals surface area contributed by atoms with E-state index >= 15 is 0 Å². The van der Waals surface area contributed by atoms with Crippen LogP contribution in [0.15, 0.2) is 18.2 Å². The Bertz CT molecular complexity index is 818. The predicted molar refractivity (Wildman–Crippen MR) is 105 cm³/mol. The van der Waals surface area contributed by atoms with Crippen molar-refractivity contribution in [3.8, 4) is 5.75 Å². The minimum absolute atomic E-state index is 0.0478. The lowest BCUT2D eigenvalue weighted by molar-refractivity contribution is 0.0935. The van der Waals surface area contributed by atoms with Crippen molar-refractivity contribution < 1.29 is 9.53 Å². The molecule has 126 valence electrons. The van der Waals surface area contributed by atoms with Gasteiger partial charge in [0.25, 0.3) is 5.91 Å². The largest absolute Gasteiger partial charge is 0.496 e. The van der Waals surface area contributed by atoms with Gasteiger partial charge in [0.05, 0.1) is 16.2 Å². The normalized spacial score (nSPS) is 22.2. The number of rotatable bonds is 2. The van der Waals surface area contributed by atoms with Gasteiger partial charge in [-0.15, -0.1) is 11.3 Å². The summed E-state index contributed by atoms with van der Waals surface area (Å²) in [5.41, 5.74) is 3.18. The fourth-order valence-corrected chi connectivity index (χ4v) is 5.69. The molecule has 0 saturated heterocycles. The van der Waals surface area contributed by atoms with E-state index < -0.39 is 0 Å². The molecule has 0 fully saturated rings. The lowest BCUT2D eigenvalue weighted by Gasteiger charge is -2.27. The van der Waals surface area contributed by atoms with Crippen LogP contribution in [-0.4, -0.2) is 13.0 Å². The Morgan fingerprint density at radius 1 is 1.33 bits per heavy atom. The van der Waals surface area contributed by atoms with Gasteiger partial charge >= 0.3 is 0 Å². The first-order valence-corrected chi connectivity index (χ1v) is 10.0. The van der Waals surface area contributed by atoms with Crippen LogP contribution in [0.3, 0.4) is 0 Å². The van der Waals surface area contributed by atoms with Crippen LogP contribution in [0.2, 0.25) is 0 Å². The highest BCUT2D eigenvalue weighted by Crippen LogP contribution is 2.42. The Morgan fingerprint density at radius 3 is 2.92 bits per heavy atom. The molecule has 2 heterocycles. The van der Waals surface area contributed by atoms with Gasteiger partial charge in [-0.3, -0.25) is 4.79 Å². The summed E-state index contributed by atoms with van der Waals surface area (Å²) in [4.78, 5) is 14.1. The molecule has 0 radical (unpaired) electrons.